The normalized spacial score (nSPS) is 26.7. The summed E-state index contributed by atoms with van der Waals surface area (Å²) in [6.45, 7) is 2.22. The van der Waals surface area contributed by atoms with E-state index in [-0.39, 0.29) is 12.1 Å². The van der Waals surface area contributed by atoms with Crippen molar-refractivity contribution in [2.45, 2.75) is 63.9 Å². The maximum Gasteiger partial charge on any atom is 0.306 e. The molecule has 0 aromatic heterocycles. The quantitative estimate of drug-likeness (QED) is 0.766. The summed E-state index contributed by atoms with van der Waals surface area (Å²) >= 11 is 0. The Labute approximate surface area is 104 Å². The van der Waals surface area contributed by atoms with E-state index in [1.54, 1.807) is 0 Å². The molecule has 0 amide bonds. The molecule has 1 atom stereocenters. The van der Waals surface area contributed by atoms with Crippen molar-refractivity contribution in [1.29, 1.82) is 0 Å². The second-order valence-electron chi connectivity index (χ2n) is 5.50. The molecule has 2 rings (SSSR count). The van der Waals surface area contributed by atoms with E-state index >= 15 is 0 Å². The highest BCUT2D eigenvalue weighted by atomic mass is 16.5. The Bertz CT molecular complexity index is 230. The minimum atomic E-state index is 0.0301. The van der Waals surface area contributed by atoms with Crippen molar-refractivity contribution in [2.75, 3.05) is 13.1 Å². The first-order valence-corrected chi connectivity index (χ1v) is 7.25. The third kappa shape index (κ3) is 4.66. The Hall–Kier alpha value is -0.570. The summed E-state index contributed by atoms with van der Waals surface area (Å²) in [5, 5.41) is 3.39. The Morgan fingerprint density at radius 2 is 1.94 bits per heavy atom. The van der Waals surface area contributed by atoms with E-state index in [1.165, 1.54) is 32.1 Å². The van der Waals surface area contributed by atoms with E-state index in [2.05, 4.69) is 5.32 Å². The average Bonchev–Trinajstić information content (AvgIpc) is 2.39. The highest BCUT2D eigenvalue weighted by Crippen LogP contribution is 2.22. The van der Waals surface area contributed by atoms with Crippen molar-refractivity contribution in [3.63, 3.8) is 0 Å². The van der Waals surface area contributed by atoms with Gasteiger partial charge in [-0.25, -0.2) is 0 Å². The van der Waals surface area contributed by atoms with Gasteiger partial charge in [0.1, 0.15) is 6.10 Å². The molecule has 2 fully saturated rings. The Kier molecular flexibility index (Phi) is 5.30. The predicted octanol–water partition coefficient (Wildman–Crippen LogP) is 2.64. The van der Waals surface area contributed by atoms with Crippen molar-refractivity contribution in [1.82, 2.24) is 5.32 Å². The first-order valence-electron chi connectivity index (χ1n) is 7.25. The number of rotatable bonds is 4. The van der Waals surface area contributed by atoms with Crippen LogP contribution in [0.25, 0.3) is 0 Å². The molecule has 0 bridgehead atoms. The lowest BCUT2D eigenvalue weighted by Gasteiger charge is -2.24. The van der Waals surface area contributed by atoms with Crippen LogP contribution >= 0.6 is 0 Å². The van der Waals surface area contributed by atoms with Gasteiger partial charge in [0.15, 0.2) is 0 Å². The molecule has 1 aliphatic carbocycles. The lowest BCUT2D eigenvalue weighted by molar-refractivity contribution is -0.150. The zero-order chi connectivity index (χ0) is 11.9. The van der Waals surface area contributed by atoms with Crippen LogP contribution in [0, 0.1) is 5.92 Å². The maximum atomic E-state index is 11.7. The molecule has 3 heteroatoms. The SMILES string of the molecule is O=C(CCC1CCCNC1)OC1CCCCC1. The first kappa shape index (κ1) is 12.9. The molecule has 0 spiro atoms. The van der Waals surface area contributed by atoms with Crippen LogP contribution < -0.4 is 5.32 Å². The van der Waals surface area contributed by atoms with E-state index < -0.39 is 0 Å². The molecule has 1 N–H and O–H groups in total. The third-order valence-corrected chi connectivity index (χ3v) is 4.01. The van der Waals surface area contributed by atoms with Crippen molar-refractivity contribution in [3.8, 4) is 0 Å². The van der Waals surface area contributed by atoms with Crippen LogP contribution in [0.4, 0.5) is 0 Å². The van der Waals surface area contributed by atoms with Crippen LogP contribution in [0.2, 0.25) is 0 Å². The molecule has 2 aliphatic rings. The summed E-state index contributed by atoms with van der Waals surface area (Å²) in [7, 11) is 0. The molecular weight excluding hydrogens is 214 g/mol. The number of piperidine rings is 1. The van der Waals surface area contributed by atoms with E-state index in [0.717, 1.165) is 32.4 Å². The predicted molar refractivity (Wildman–Crippen MR) is 67.8 cm³/mol. The number of hydrogen-bond acceptors (Lipinski definition) is 3. The van der Waals surface area contributed by atoms with E-state index in [9.17, 15) is 4.79 Å². The van der Waals surface area contributed by atoms with Gasteiger partial charge in [0, 0.05) is 6.42 Å². The molecule has 98 valence electrons. The minimum absolute atomic E-state index is 0.0301. The van der Waals surface area contributed by atoms with E-state index in [4.69, 9.17) is 4.74 Å². The topological polar surface area (TPSA) is 38.3 Å². The van der Waals surface area contributed by atoms with Crippen molar-refractivity contribution < 1.29 is 9.53 Å². The second-order valence-corrected chi connectivity index (χ2v) is 5.50. The van der Waals surface area contributed by atoms with Gasteiger partial charge in [-0.15, -0.1) is 0 Å². The summed E-state index contributed by atoms with van der Waals surface area (Å²) in [6, 6.07) is 0. The molecule has 17 heavy (non-hydrogen) atoms. The smallest absolute Gasteiger partial charge is 0.306 e. The molecule has 1 saturated heterocycles. The van der Waals surface area contributed by atoms with Gasteiger partial charge in [-0.05, 0) is 64.0 Å². The first-order chi connectivity index (χ1) is 8.34. The Balaban J connectivity index is 1.59. The highest BCUT2D eigenvalue weighted by molar-refractivity contribution is 5.69. The molecule has 0 aromatic carbocycles. The summed E-state index contributed by atoms with van der Waals surface area (Å²) in [5.41, 5.74) is 0. The van der Waals surface area contributed by atoms with Crippen LogP contribution in [0.3, 0.4) is 0 Å². The average molecular weight is 239 g/mol. The van der Waals surface area contributed by atoms with Crippen LogP contribution in [-0.2, 0) is 9.53 Å². The molecule has 1 heterocycles. The van der Waals surface area contributed by atoms with Gasteiger partial charge < -0.3 is 10.1 Å². The van der Waals surface area contributed by atoms with Gasteiger partial charge in [-0.2, -0.15) is 0 Å². The molecule has 0 radical (unpaired) electrons. The number of esters is 1. The van der Waals surface area contributed by atoms with Gasteiger partial charge in [0.2, 0.25) is 0 Å². The van der Waals surface area contributed by atoms with Crippen molar-refractivity contribution in [2.24, 2.45) is 5.92 Å². The van der Waals surface area contributed by atoms with Crippen LogP contribution in [0.15, 0.2) is 0 Å². The van der Waals surface area contributed by atoms with Gasteiger partial charge >= 0.3 is 5.97 Å². The maximum absolute atomic E-state index is 11.7. The zero-order valence-electron chi connectivity index (χ0n) is 10.7. The van der Waals surface area contributed by atoms with Crippen molar-refractivity contribution in [3.05, 3.63) is 0 Å². The highest BCUT2D eigenvalue weighted by Gasteiger charge is 2.19. The van der Waals surface area contributed by atoms with Gasteiger partial charge in [-0.3, -0.25) is 4.79 Å². The minimum Gasteiger partial charge on any atom is -0.462 e. The molecule has 1 saturated carbocycles. The largest absolute Gasteiger partial charge is 0.462 e. The zero-order valence-corrected chi connectivity index (χ0v) is 10.7. The number of nitrogens with one attached hydrogen (secondary N) is 1. The molecule has 0 aromatic rings. The van der Waals surface area contributed by atoms with Gasteiger partial charge in [0.05, 0.1) is 0 Å². The number of carbonyl (C=O) groups is 1. The third-order valence-electron chi connectivity index (χ3n) is 4.01. The lowest BCUT2D eigenvalue weighted by atomic mass is 9.94. The second kappa shape index (κ2) is 7.00. The monoisotopic (exact) mass is 239 g/mol. The van der Waals surface area contributed by atoms with Crippen LogP contribution in [-0.4, -0.2) is 25.2 Å². The van der Waals surface area contributed by atoms with Crippen molar-refractivity contribution >= 4 is 5.97 Å². The number of carbonyl (C=O) groups excluding carboxylic acids is 1. The Morgan fingerprint density at radius 3 is 2.65 bits per heavy atom. The Morgan fingerprint density at radius 1 is 1.12 bits per heavy atom. The lowest BCUT2D eigenvalue weighted by Crippen LogP contribution is -2.30. The molecule has 1 aliphatic heterocycles. The summed E-state index contributed by atoms with van der Waals surface area (Å²) in [6.07, 6.45) is 10.3. The van der Waals surface area contributed by atoms with E-state index in [0.29, 0.717) is 12.3 Å². The summed E-state index contributed by atoms with van der Waals surface area (Å²) in [5.74, 6) is 0.713. The summed E-state index contributed by atoms with van der Waals surface area (Å²) in [4.78, 5) is 11.7. The van der Waals surface area contributed by atoms with Gasteiger partial charge in [0.25, 0.3) is 0 Å². The van der Waals surface area contributed by atoms with Crippen LogP contribution in [0.5, 0.6) is 0 Å². The fourth-order valence-corrected chi connectivity index (χ4v) is 2.92. The molecular formula is C14H25NO2. The standard InChI is InChI=1S/C14H25NO2/c16-14(17-13-6-2-1-3-7-13)9-8-12-5-4-10-15-11-12/h12-13,15H,1-11H2. The van der Waals surface area contributed by atoms with Gasteiger partial charge in [-0.1, -0.05) is 6.42 Å². The van der Waals surface area contributed by atoms with E-state index in [1.807, 2.05) is 0 Å². The molecule has 1 unspecified atom stereocenters. The summed E-state index contributed by atoms with van der Waals surface area (Å²) < 4.78 is 5.52. The molecule has 3 nitrogen and oxygen atoms in total. The fourth-order valence-electron chi connectivity index (χ4n) is 2.92. The number of hydrogen-bond donors (Lipinski definition) is 1. The fraction of sp³-hybridized carbons (Fsp3) is 0.929. The number of ether oxygens (including phenoxy) is 1. The van der Waals surface area contributed by atoms with Crippen LogP contribution in [0.1, 0.15) is 57.8 Å².